The second-order valence-electron chi connectivity index (χ2n) is 7.64. The molecule has 1 aliphatic heterocycles. The van der Waals surface area contributed by atoms with E-state index in [0.717, 1.165) is 45.3 Å². The van der Waals surface area contributed by atoms with Crippen molar-refractivity contribution >= 4 is 5.97 Å². The second kappa shape index (κ2) is 8.70. The Bertz CT molecular complexity index is 746. The molecule has 1 aliphatic rings. The van der Waals surface area contributed by atoms with Crippen LogP contribution in [0.3, 0.4) is 0 Å². The first kappa shape index (κ1) is 19.6. The molecule has 0 saturated carbocycles. The van der Waals surface area contributed by atoms with Crippen molar-refractivity contribution in [2.45, 2.75) is 46.1 Å². The van der Waals surface area contributed by atoms with Crippen LogP contribution in [0.1, 0.15) is 43.0 Å². The van der Waals surface area contributed by atoms with Crippen LogP contribution < -0.4 is 0 Å². The third-order valence-electron chi connectivity index (χ3n) is 5.99. The lowest BCUT2D eigenvalue weighted by Gasteiger charge is -2.40. The molecule has 5 nitrogen and oxygen atoms in total. The van der Waals surface area contributed by atoms with Crippen LogP contribution in [0.25, 0.3) is 0 Å². The Labute approximate surface area is 162 Å². The van der Waals surface area contributed by atoms with E-state index in [4.69, 9.17) is 4.74 Å². The SMILES string of the molecule is CCOC(=O)C1(CCc2ccccc2)CCN(Cc2cnn(C)c2C)CC1. The number of carbonyl (C=O) groups is 1. The Kier molecular flexibility index (Phi) is 6.32. The standard InChI is InChI=1S/C22H31N3O2/c1-4-27-21(26)22(11-10-19-8-6-5-7-9-19)12-14-25(15-13-22)17-20-16-23-24(3)18(20)2/h5-9,16H,4,10-15,17H2,1-3H3. The van der Waals surface area contributed by atoms with Gasteiger partial charge in [0.25, 0.3) is 0 Å². The average molecular weight is 370 g/mol. The van der Waals surface area contributed by atoms with Crippen LogP contribution in [0.15, 0.2) is 36.5 Å². The summed E-state index contributed by atoms with van der Waals surface area (Å²) in [4.78, 5) is 15.2. The van der Waals surface area contributed by atoms with E-state index in [-0.39, 0.29) is 11.4 Å². The molecule has 0 N–H and O–H groups in total. The molecule has 27 heavy (non-hydrogen) atoms. The van der Waals surface area contributed by atoms with Gasteiger partial charge in [-0.3, -0.25) is 14.4 Å². The van der Waals surface area contributed by atoms with Gasteiger partial charge in [0, 0.05) is 24.8 Å². The fraction of sp³-hybridized carbons (Fsp3) is 0.545. The Balaban J connectivity index is 1.64. The molecule has 5 heteroatoms. The lowest BCUT2D eigenvalue weighted by atomic mass is 9.74. The summed E-state index contributed by atoms with van der Waals surface area (Å²) >= 11 is 0. The molecule has 0 unspecified atom stereocenters. The van der Waals surface area contributed by atoms with Crippen molar-refractivity contribution in [3.63, 3.8) is 0 Å². The third-order valence-corrected chi connectivity index (χ3v) is 5.99. The highest BCUT2D eigenvalue weighted by molar-refractivity contribution is 5.77. The van der Waals surface area contributed by atoms with Crippen LogP contribution in [0.4, 0.5) is 0 Å². The molecule has 1 aromatic heterocycles. The molecule has 0 atom stereocenters. The van der Waals surface area contributed by atoms with Gasteiger partial charge < -0.3 is 4.74 Å². The Morgan fingerprint density at radius 1 is 1.22 bits per heavy atom. The highest BCUT2D eigenvalue weighted by atomic mass is 16.5. The number of likely N-dealkylation sites (tertiary alicyclic amines) is 1. The summed E-state index contributed by atoms with van der Waals surface area (Å²) in [5.41, 5.74) is 3.41. The quantitative estimate of drug-likeness (QED) is 0.701. The lowest BCUT2D eigenvalue weighted by Crippen LogP contribution is -2.45. The van der Waals surface area contributed by atoms with Gasteiger partial charge in [-0.25, -0.2) is 0 Å². The van der Waals surface area contributed by atoms with Crippen LogP contribution in [0, 0.1) is 12.3 Å². The van der Waals surface area contributed by atoms with Gasteiger partial charge in [0.15, 0.2) is 0 Å². The van der Waals surface area contributed by atoms with E-state index < -0.39 is 0 Å². The number of piperidine rings is 1. The van der Waals surface area contributed by atoms with E-state index in [1.165, 1.54) is 16.8 Å². The molecule has 2 aromatic rings. The first-order valence-electron chi connectivity index (χ1n) is 9.95. The molecule has 146 valence electrons. The summed E-state index contributed by atoms with van der Waals surface area (Å²) in [5, 5.41) is 4.34. The monoisotopic (exact) mass is 369 g/mol. The zero-order chi connectivity index (χ0) is 19.3. The number of carbonyl (C=O) groups excluding carboxylic acids is 1. The van der Waals surface area contributed by atoms with Crippen molar-refractivity contribution in [2.24, 2.45) is 12.5 Å². The number of aryl methyl sites for hydroxylation is 2. The fourth-order valence-corrected chi connectivity index (χ4v) is 3.95. The molecule has 0 amide bonds. The van der Waals surface area contributed by atoms with Crippen molar-refractivity contribution in [3.8, 4) is 0 Å². The van der Waals surface area contributed by atoms with E-state index >= 15 is 0 Å². The van der Waals surface area contributed by atoms with Crippen molar-refractivity contribution in [3.05, 3.63) is 53.3 Å². The van der Waals surface area contributed by atoms with Gasteiger partial charge in [0.2, 0.25) is 0 Å². The van der Waals surface area contributed by atoms with Crippen molar-refractivity contribution in [1.82, 2.24) is 14.7 Å². The molecule has 1 fully saturated rings. The molecule has 0 bridgehead atoms. The summed E-state index contributed by atoms with van der Waals surface area (Å²) in [6.45, 7) is 7.18. The second-order valence-corrected chi connectivity index (χ2v) is 7.64. The highest BCUT2D eigenvalue weighted by Gasteiger charge is 2.42. The maximum absolute atomic E-state index is 12.8. The number of hydrogen-bond donors (Lipinski definition) is 0. The topological polar surface area (TPSA) is 47.4 Å². The maximum atomic E-state index is 12.8. The summed E-state index contributed by atoms with van der Waals surface area (Å²) < 4.78 is 7.40. The molecule has 1 aromatic carbocycles. The summed E-state index contributed by atoms with van der Waals surface area (Å²) in [6, 6.07) is 10.4. The van der Waals surface area contributed by atoms with Gasteiger partial charge in [0.1, 0.15) is 0 Å². The number of hydrogen-bond acceptors (Lipinski definition) is 4. The van der Waals surface area contributed by atoms with E-state index in [0.29, 0.717) is 6.61 Å². The third kappa shape index (κ3) is 4.59. The van der Waals surface area contributed by atoms with Gasteiger partial charge in [0.05, 0.1) is 18.2 Å². The number of rotatable bonds is 7. The first-order valence-corrected chi connectivity index (χ1v) is 9.95. The zero-order valence-electron chi connectivity index (χ0n) is 16.8. The summed E-state index contributed by atoms with van der Waals surface area (Å²) in [5.74, 6) is -0.0156. The van der Waals surface area contributed by atoms with Gasteiger partial charge in [-0.1, -0.05) is 30.3 Å². The Morgan fingerprint density at radius 2 is 1.93 bits per heavy atom. The molecule has 0 aliphatic carbocycles. The van der Waals surface area contributed by atoms with Crippen molar-refractivity contribution in [2.75, 3.05) is 19.7 Å². The molecule has 0 radical (unpaired) electrons. The predicted octanol–water partition coefficient (Wildman–Crippen LogP) is 3.51. The van der Waals surface area contributed by atoms with Crippen LogP contribution in [-0.2, 0) is 29.5 Å². The zero-order valence-corrected chi connectivity index (χ0v) is 16.8. The van der Waals surface area contributed by atoms with Crippen LogP contribution in [-0.4, -0.2) is 40.3 Å². The normalized spacial score (nSPS) is 17.0. The average Bonchev–Trinajstić information content (AvgIpc) is 3.01. The number of esters is 1. The summed E-state index contributed by atoms with van der Waals surface area (Å²) in [6.07, 6.45) is 5.45. The molecule has 1 saturated heterocycles. The Morgan fingerprint density at radius 3 is 2.52 bits per heavy atom. The molecule has 3 rings (SSSR count). The summed E-state index contributed by atoms with van der Waals surface area (Å²) in [7, 11) is 1.98. The number of benzene rings is 1. The van der Waals surface area contributed by atoms with Gasteiger partial charge in [-0.2, -0.15) is 5.10 Å². The molecular formula is C22H31N3O2. The van der Waals surface area contributed by atoms with E-state index in [2.05, 4.69) is 41.2 Å². The highest BCUT2D eigenvalue weighted by Crippen LogP contribution is 2.38. The van der Waals surface area contributed by atoms with Crippen LogP contribution in [0.5, 0.6) is 0 Å². The van der Waals surface area contributed by atoms with E-state index in [9.17, 15) is 4.79 Å². The van der Waals surface area contributed by atoms with Crippen molar-refractivity contribution < 1.29 is 9.53 Å². The van der Waals surface area contributed by atoms with Gasteiger partial charge >= 0.3 is 5.97 Å². The minimum atomic E-state index is -0.355. The lowest BCUT2D eigenvalue weighted by molar-refractivity contribution is -0.159. The minimum absolute atomic E-state index is 0.0156. The molecule has 2 heterocycles. The first-order chi connectivity index (χ1) is 13.0. The maximum Gasteiger partial charge on any atom is 0.312 e. The van der Waals surface area contributed by atoms with Crippen molar-refractivity contribution in [1.29, 1.82) is 0 Å². The smallest absolute Gasteiger partial charge is 0.312 e. The van der Waals surface area contributed by atoms with Crippen LogP contribution in [0.2, 0.25) is 0 Å². The number of nitrogens with zero attached hydrogens (tertiary/aromatic N) is 3. The van der Waals surface area contributed by atoms with Gasteiger partial charge in [-0.05, 0) is 58.2 Å². The Hall–Kier alpha value is -2.14. The van der Waals surface area contributed by atoms with Crippen LogP contribution >= 0.6 is 0 Å². The van der Waals surface area contributed by atoms with E-state index in [1.807, 2.05) is 30.9 Å². The molecule has 0 spiro atoms. The fourth-order valence-electron chi connectivity index (χ4n) is 3.95. The molecular weight excluding hydrogens is 338 g/mol. The predicted molar refractivity (Wildman–Crippen MR) is 106 cm³/mol. The number of aromatic nitrogens is 2. The largest absolute Gasteiger partial charge is 0.466 e. The minimum Gasteiger partial charge on any atom is -0.466 e. The van der Waals surface area contributed by atoms with Gasteiger partial charge in [-0.15, -0.1) is 0 Å². The van der Waals surface area contributed by atoms with E-state index in [1.54, 1.807) is 0 Å². The number of ether oxygens (including phenoxy) is 1.